The van der Waals surface area contributed by atoms with Gasteiger partial charge in [0.05, 0.1) is 13.2 Å². The summed E-state index contributed by atoms with van der Waals surface area (Å²) >= 11 is 0. The highest BCUT2D eigenvalue weighted by molar-refractivity contribution is 5.79. The number of allylic oxidation sites excluding steroid dienone is 1. The van der Waals surface area contributed by atoms with Crippen LogP contribution in [0.1, 0.15) is 19.8 Å². The van der Waals surface area contributed by atoms with E-state index in [1.165, 1.54) is 0 Å². The molecule has 0 atom stereocenters. The fourth-order valence-corrected chi connectivity index (χ4v) is 0.613. The molecule has 12 heavy (non-hydrogen) atoms. The van der Waals surface area contributed by atoms with Crippen molar-refractivity contribution in [3.63, 3.8) is 0 Å². The Balaban J connectivity index is 3.16. The van der Waals surface area contributed by atoms with Gasteiger partial charge in [0.15, 0.2) is 0 Å². The summed E-state index contributed by atoms with van der Waals surface area (Å²) in [5.74, 6) is 0.203. The molecule has 0 aromatic rings. The zero-order valence-corrected chi connectivity index (χ0v) is 7.36. The Morgan fingerprint density at radius 1 is 1.58 bits per heavy atom. The second-order valence-corrected chi connectivity index (χ2v) is 2.30. The Bertz CT molecular complexity index is 155. The van der Waals surface area contributed by atoms with Crippen molar-refractivity contribution in [2.45, 2.75) is 19.8 Å². The number of hydrogen-bond donors (Lipinski definition) is 2. The minimum atomic E-state index is 0.203. The number of ether oxygens (including phenoxy) is 1. The van der Waals surface area contributed by atoms with Crippen molar-refractivity contribution in [2.24, 2.45) is 10.9 Å². The van der Waals surface area contributed by atoms with Crippen molar-refractivity contribution in [2.75, 3.05) is 13.2 Å². The van der Waals surface area contributed by atoms with E-state index in [1.807, 2.05) is 12.2 Å². The number of hydrogen-bond acceptors (Lipinski definition) is 3. The van der Waals surface area contributed by atoms with Crippen LogP contribution in [0.15, 0.2) is 17.3 Å². The van der Waals surface area contributed by atoms with Crippen LogP contribution in [-0.4, -0.2) is 24.3 Å². The van der Waals surface area contributed by atoms with Gasteiger partial charge in [-0.15, -0.1) is 0 Å². The maximum Gasteiger partial charge on any atom is 0.141 e. The van der Waals surface area contributed by atoms with Crippen molar-refractivity contribution >= 4 is 5.84 Å². The molecule has 0 fully saturated rings. The molecule has 0 saturated carbocycles. The third-order valence-corrected chi connectivity index (χ3v) is 1.25. The summed E-state index contributed by atoms with van der Waals surface area (Å²) in [4.78, 5) is 0. The van der Waals surface area contributed by atoms with Gasteiger partial charge in [-0.25, -0.2) is 0 Å². The maximum absolute atomic E-state index is 8.17. The Morgan fingerprint density at radius 2 is 2.33 bits per heavy atom. The summed E-state index contributed by atoms with van der Waals surface area (Å²) in [7, 11) is 0. The summed E-state index contributed by atoms with van der Waals surface area (Å²) in [5.41, 5.74) is 5.22. The predicted octanol–water partition coefficient (Wildman–Crippen LogP) is 1.11. The molecule has 0 aliphatic heterocycles. The fourth-order valence-electron chi connectivity index (χ4n) is 0.613. The molecule has 0 aliphatic carbocycles. The van der Waals surface area contributed by atoms with Crippen molar-refractivity contribution < 1.29 is 9.94 Å². The zero-order valence-electron chi connectivity index (χ0n) is 7.36. The molecule has 0 amide bonds. The predicted molar refractivity (Wildman–Crippen MR) is 48.3 cm³/mol. The molecule has 0 spiro atoms. The molecule has 0 bridgehead atoms. The SMILES string of the molecule is CCC=CCOCCC(N)=NO. The Kier molecular flexibility index (Phi) is 7.38. The van der Waals surface area contributed by atoms with Crippen LogP contribution in [0.5, 0.6) is 0 Å². The summed E-state index contributed by atoms with van der Waals surface area (Å²) < 4.78 is 5.15. The zero-order chi connectivity index (χ0) is 9.23. The van der Waals surface area contributed by atoms with Crippen molar-refractivity contribution in [3.8, 4) is 0 Å². The summed E-state index contributed by atoms with van der Waals surface area (Å²) in [6.07, 6.45) is 5.47. The molecule has 0 heterocycles. The second kappa shape index (κ2) is 8.07. The third-order valence-electron chi connectivity index (χ3n) is 1.25. The van der Waals surface area contributed by atoms with Crippen molar-refractivity contribution in [1.82, 2.24) is 0 Å². The number of nitrogens with two attached hydrogens (primary N) is 1. The van der Waals surface area contributed by atoms with Crippen LogP contribution in [0.2, 0.25) is 0 Å². The van der Waals surface area contributed by atoms with E-state index in [4.69, 9.17) is 15.7 Å². The molecule has 4 nitrogen and oxygen atoms in total. The van der Waals surface area contributed by atoms with Crippen LogP contribution in [-0.2, 0) is 4.74 Å². The molecule has 0 saturated heterocycles. The number of nitrogens with zero attached hydrogens (tertiary/aromatic N) is 1. The van der Waals surface area contributed by atoms with Crippen molar-refractivity contribution in [3.05, 3.63) is 12.2 Å². The Labute approximate surface area is 72.7 Å². The summed E-state index contributed by atoms with van der Waals surface area (Å²) in [6, 6.07) is 0. The average Bonchev–Trinajstić information content (AvgIpc) is 2.10. The van der Waals surface area contributed by atoms with Gasteiger partial charge in [-0.05, 0) is 6.42 Å². The standard InChI is InChI=1S/C8H16N2O2/c1-2-3-4-6-12-7-5-8(9)10-11/h3-4,11H,2,5-7H2,1H3,(H2,9,10). The molecule has 0 aromatic carbocycles. The van der Waals surface area contributed by atoms with Gasteiger partial charge < -0.3 is 15.7 Å². The summed E-state index contributed by atoms with van der Waals surface area (Å²) in [6.45, 7) is 3.14. The minimum absolute atomic E-state index is 0.203. The Hall–Kier alpha value is -1.03. The topological polar surface area (TPSA) is 67.8 Å². The first kappa shape index (κ1) is 11.0. The van der Waals surface area contributed by atoms with E-state index in [2.05, 4.69) is 12.1 Å². The van der Waals surface area contributed by atoms with E-state index in [0.717, 1.165) is 6.42 Å². The van der Waals surface area contributed by atoms with E-state index < -0.39 is 0 Å². The van der Waals surface area contributed by atoms with Crippen LogP contribution in [0.3, 0.4) is 0 Å². The van der Waals surface area contributed by atoms with Gasteiger partial charge in [0, 0.05) is 6.42 Å². The first-order valence-corrected chi connectivity index (χ1v) is 4.00. The molecule has 0 radical (unpaired) electrons. The number of amidine groups is 1. The lowest BCUT2D eigenvalue weighted by Gasteiger charge is -1.98. The average molecular weight is 172 g/mol. The van der Waals surface area contributed by atoms with E-state index in [1.54, 1.807) is 0 Å². The molecule has 4 heteroatoms. The maximum atomic E-state index is 8.17. The smallest absolute Gasteiger partial charge is 0.141 e. The van der Waals surface area contributed by atoms with Crippen molar-refractivity contribution in [1.29, 1.82) is 0 Å². The molecule has 3 N–H and O–H groups in total. The molecule has 0 aliphatic rings. The van der Waals surface area contributed by atoms with Gasteiger partial charge in [0.2, 0.25) is 0 Å². The third kappa shape index (κ3) is 7.08. The van der Waals surface area contributed by atoms with E-state index in [0.29, 0.717) is 19.6 Å². The number of oxime groups is 1. The van der Waals surface area contributed by atoms with Crippen LogP contribution >= 0.6 is 0 Å². The monoisotopic (exact) mass is 172 g/mol. The lowest BCUT2D eigenvalue weighted by Crippen LogP contribution is -2.14. The number of rotatable bonds is 6. The molecule has 0 rings (SSSR count). The lowest BCUT2D eigenvalue weighted by atomic mass is 10.4. The van der Waals surface area contributed by atoms with Gasteiger partial charge in [0.1, 0.15) is 5.84 Å². The van der Waals surface area contributed by atoms with Gasteiger partial charge in [-0.2, -0.15) is 0 Å². The van der Waals surface area contributed by atoms with Crippen LogP contribution < -0.4 is 5.73 Å². The first-order valence-electron chi connectivity index (χ1n) is 4.00. The molecule has 0 aromatic heterocycles. The molecule has 70 valence electrons. The molecular formula is C8H16N2O2. The van der Waals surface area contributed by atoms with E-state index in [9.17, 15) is 0 Å². The van der Waals surface area contributed by atoms with Gasteiger partial charge >= 0.3 is 0 Å². The quantitative estimate of drug-likeness (QED) is 0.157. The molecule has 0 unspecified atom stereocenters. The van der Waals surface area contributed by atoms with E-state index in [-0.39, 0.29) is 5.84 Å². The van der Waals surface area contributed by atoms with Gasteiger partial charge in [-0.3, -0.25) is 0 Å². The summed E-state index contributed by atoms with van der Waals surface area (Å²) in [5, 5.41) is 11.0. The fraction of sp³-hybridized carbons (Fsp3) is 0.625. The van der Waals surface area contributed by atoms with Crippen LogP contribution in [0.4, 0.5) is 0 Å². The van der Waals surface area contributed by atoms with Crippen LogP contribution in [0, 0.1) is 0 Å². The highest BCUT2D eigenvalue weighted by atomic mass is 16.5. The van der Waals surface area contributed by atoms with E-state index >= 15 is 0 Å². The normalized spacial score (nSPS) is 12.6. The molecular weight excluding hydrogens is 156 g/mol. The van der Waals surface area contributed by atoms with Gasteiger partial charge in [-0.1, -0.05) is 24.2 Å². The Morgan fingerprint density at radius 3 is 2.92 bits per heavy atom. The highest BCUT2D eigenvalue weighted by Crippen LogP contribution is 1.85. The largest absolute Gasteiger partial charge is 0.409 e. The highest BCUT2D eigenvalue weighted by Gasteiger charge is 1.91. The first-order chi connectivity index (χ1) is 5.81. The lowest BCUT2D eigenvalue weighted by molar-refractivity contribution is 0.169. The minimum Gasteiger partial charge on any atom is -0.409 e. The van der Waals surface area contributed by atoms with Gasteiger partial charge in [0.25, 0.3) is 0 Å². The van der Waals surface area contributed by atoms with Crippen LogP contribution in [0.25, 0.3) is 0 Å². The second-order valence-electron chi connectivity index (χ2n) is 2.30.